The van der Waals surface area contributed by atoms with Gasteiger partial charge in [0.15, 0.2) is 0 Å². The molecule has 1 heterocycles. The van der Waals surface area contributed by atoms with Crippen molar-refractivity contribution in [2.45, 2.75) is 25.7 Å². The smallest absolute Gasteiger partial charge is 0.243 e. The summed E-state index contributed by atoms with van der Waals surface area (Å²) in [6.45, 7) is 0.955. The van der Waals surface area contributed by atoms with Gasteiger partial charge in [-0.1, -0.05) is 12.1 Å². The number of hydrogen-bond acceptors (Lipinski definition) is 3. The molecule has 0 aliphatic carbocycles. The Bertz CT molecular complexity index is 488. The summed E-state index contributed by atoms with van der Waals surface area (Å²) in [7, 11) is 0. The van der Waals surface area contributed by atoms with Crippen molar-refractivity contribution in [3.8, 4) is 0 Å². The molecule has 20 heavy (non-hydrogen) atoms. The van der Waals surface area contributed by atoms with Crippen LogP contribution in [0, 0.1) is 0 Å². The van der Waals surface area contributed by atoms with Crippen LogP contribution in [0.2, 0.25) is 0 Å². The first-order chi connectivity index (χ1) is 9.69. The third-order valence-electron chi connectivity index (χ3n) is 3.34. The summed E-state index contributed by atoms with van der Waals surface area (Å²) in [4.78, 5) is 24.9. The second kappa shape index (κ2) is 7.05. The highest BCUT2D eigenvalue weighted by Gasteiger charge is 2.22. The van der Waals surface area contributed by atoms with Crippen molar-refractivity contribution >= 4 is 17.5 Å². The van der Waals surface area contributed by atoms with Gasteiger partial charge in [-0.15, -0.1) is 0 Å². The molecule has 0 atom stereocenters. The molecule has 1 fully saturated rings. The van der Waals surface area contributed by atoms with Crippen LogP contribution in [0.15, 0.2) is 24.3 Å². The van der Waals surface area contributed by atoms with E-state index in [-0.39, 0.29) is 25.0 Å². The monoisotopic (exact) mass is 276 g/mol. The zero-order valence-electron chi connectivity index (χ0n) is 11.5. The first kappa shape index (κ1) is 14.5. The van der Waals surface area contributed by atoms with E-state index in [9.17, 15) is 9.59 Å². The van der Waals surface area contributed by atoms with E-state index in [0.29, 0.717) is 19.4 Å². The van der Waals surface area contributed by atoms with Gasteiger partial charge in [-0.25, -0.2) is 0 Å². The molecule has 1 aliphatic rings. The number of amides is 2. The standard InChI is InChI=1S/C15H20N2O3/c18-9-3-5-12-4-1-6-13(10-12)16-14(19)11-17-8-2-7-15(17)20/h1,4,6,10,18H,2-3,5,7-9,11H2,(H,16,19). The van der Waals surface area contributed by atoms with Crippen LogP contribution >= 0.6 is 0 Å². The predicted molar refractivity (Wildman–Crippen MR) is 76.3 cm³/mol. The summed E-state index contributed by atoms with van der Waals surface area (Å²) in [6.07, 6.45) is 2.87. The summed E-state index contributed by atoms with van der Waals surface area (Å²) in [6, 6.07) is 7.57. The quantitative estimate of drug-likeness (QED) is 0.819. The molecule has 0 aromatic heterocycles. The van der Waals surface area contributed by atoms with Crippen molar-refractivity contribution in [2.75, 3.05) is 25.0 Å². The molecule has 2 rings (SSSR count). The van der Waals surface area contributed by atoms with Crippen molar-refractivity contribution in [3.63, 3.8) is 0 Å². The summed E-state index contributed by atoms with van der Waals surface area (Å²) < 4.78 is 0. The number of benzene rings is 1. The number of nitrogens with one attached hydrogen (secondary N) is 1. The third kappa shape index (κ3) is 4.06. The molecular formula is C15H20N2O3. The Labute approximate surface area is 118 Å². The van der Waals surface area contributed by atoms with Crippen molar-refractivity contribution in [2.24, 2.45) is 0 Å². The lowest BCUT2D eigenvalue weighted by Crippen LogP contribution is -2.33. The number of aliphatic hydroxyl groups excluding tert-OH is 1. The van der Waals surface area contributed by atoms with E-state index in [2.05, 4.69) is 5.32 Å². The van der Waals surface area contributed by atoms with E-state index in [1.165, 1.54) is 0 Å². The number of carbonyl (C=O) groups is 2. The van der Waals surface area contributed by atoms with Gasteiger partial charge in [-0.2, -0.15) is 0 Å². The molecule has 108 valence electrons. The fourth-order valence-electron chi connectivity index (χ4n) is 2.33. The molecule has 1 aromatic rings. The summed E-state index contributed by atoms with van der Waals surface area (Å²) in [5, 5.41) is 11.6. The first-order valence-corrected chi connectivity index (χ1v) is 6.96. The third-order valence-corrected chi connectivity index (χ3v) is 3.34. The van der Waals surface area contributed by atoms with Crippen LogP contribution in [0.4, 0.5) is 5.69 Å². The van der Waals surface area contributed by atoms with Gasteiger partial charge in [0.05, 0.1) is 6.54 Å². The summed E-state index contributed by atoms with van der Waals surface area (Å²) in [5.74, 6) is -0.114. The molecule has 1 aliphatic heterocycles. The summed E-state index contributed by atoms with van der Waals surface area (Å²) >= 11 is 0. The number of anilines is 1. The van der Waals surface area contributed by atoms with Gasteiger partial charge in [0.2, 0.25) is 11.8 Å². The molecule has 5 heteroatoms. The van der Waals surface area contributed by atoms with Crippen LogP contribution in [-0.4, -0.2) is 41.5 Å². The van der Waals surface area contributed by atoms with Gasteiger partial charge in [-0.05, 0) is 37.0 Å². The number of hydrogen-bond donors (Lipinski definition) is 2. The molecule has 0 spiro atoms. The highest BCUT2D eigenvalue weighted by molar-refractivity contribution is 5.94. The molecule has 0 unspecified atom stereocenters. The van der Waals surface area contributed by atoms with Crippen LogP contribution in [0.3, 0.4) is 0 Å². The van der Waals surface area contributed by atoms with E-state index in [0.717, 1.165) is 24.1 Å². The van der Waals surface area contributed by atoms with E-state index in [1.807, 2.05) is 24.3 Å². The van der Waals surface area contributed by atoms with Crippen molar-refractivity contribution in [3.05, 3.63) is 29.8 Å². The van der Waals surface area contributed by atoms with Crippen molar-refractivity contribution in [1.82, 2.24) is 4.90 Å². The van der Waals surface area contributed by atoms with Gasteiger partial charge < -0.3 is 15.3 Å². The number of aliphatic hydroxyl groups is 1. The highest BCUT2D eigenvalue weighted by atomic mass is 16.3. The number of aryl methyl sites for hydroxylation is 1. The van der Waals surface area contributed by atoms with Gasteiger partial charge in [-0.3, -0.25) is 9.59 Å². The maximum absolute atomic E-state index is 11.9. The molecule has 2 amide bonds. The fraction of sp³-hybridized carbons (Fsp3) is 0.467. The van der Waals surface area contributed by atoms with E-state index in [4.69, 9.17) is 5.11 Å². The van der Waals surface area contributed by atoms with Gasteiger partial charge >= 0.3 is 0 Å². The average molecular weight is 276 g/mol. The molecule has 1 saturated heterocycles. The Kier molecular flexibility index (Phi) is 5.12. The SMILES string of the molecule is O=C(CN1CCCC1=O)Nc1cccc(CCCO)c1. The Balaban J connectivity index is 1.88. The molecule has 0 saturated carbocycles. The molecular weight excluding hydrogens is 256 g/mol. The Morgan fingerprint density at radius 2 is 2.25 bits per heavy atom. The van der Waals surface area contributed by atoms with Crippen molar-refractivity contribution in [1.29, 1.82) is 0 Å². The number of rotatable bonds is 6. The molecule has 5 nitrogen and oxygen atoms in total. The molecule has 1 aromatic carbocycles. The van der Waals surface area contributed by atoms with E-state index < -0.39 is 0 Å². The Hall–Kier alpha value is -1.88. The zero-order valence-corrected chi connectivity index (χ0v) is 11.5. The largest absolute Gasteiger partial charge is 0.396 e. The number of likely N-dealkylation sites (tertiary alicyclic amines) is 1. The minimum Gasteiger partial charge on any atom is -0.396 e. The molecule has 2 N–H and O–H groups in total. The van der Waals surface area contributed by atoms with Crippen LogP contribution in [0.1, 0.15) is 24.8 Å². The average Bonchev–Trinajstić information content (AvgIpc) is 2.82. The molecule has 0 bridgehead atoms. The first-order valence-electron chi connectivity index (χ1n) is 6.96. The second-order valence-corrected chi connectivity index (χ2v) is 4.99. The van der Waals surface area contributed by atoms with Gasteiger partial charge in [0.25, 0.3) is 0 Å². The normalized spacial score (nSPS) is 14.7. The predicted octanol–water partition coefficient (Wildman–Crippen LogP) is 1.17. The maximum Gasteiger partial charge on any atom is 0.243 e. The van der Waals surface area contributed by atoms with Crippen LogP contribution in [0.25, 0.3) is 0 Å². The highest BCUT2D eigenvalue weighted by Crippen LogP contribution is 2.13. The number of nitrogens with zero attached hydrogens (tertiary/aromatic N) is 1. The summed E-state index contributed by atoms with van der Waals surface area (Å²) in [5.41, 5.74) is 1.81. The Morgan fingerprint density at radius 1 is 1.40 bits per heavy atom. The van der Waals surface area contributed by atoms with Gasteiger partial charge in [0.1, 0.15) is 0 Å². The lowest BCUT2D eigenvalue weighted by Gasteiger charge is -2.15. The fourth-order valence-corrected chi connectivity index (χ4v) is 2.33. The van der Waals surface area contributed by atoms with E-state index in [1.54, 1.807) is 4.90 Å². The van der Waals surface area contributed by atoms with Gasteiger partial charge in [0, 0.05) is 25.3 Å². The van der Waals surface area contributed by atoms with E-state index >= 15 is 0 Å². The lowest BCUT2D eigenvalue weighted by atomic mass is 10.1. The lowest BCUT2D eigenvalue weighted by molar-refractivity contribution is -0.131. The topological polar surface area (TPSA) is 69.6 Å². The number of carbonyl (C=O) groups excluding carboxylic acids is 2. The zero-order chi connectivity index (χ0) is 14.4. The van der Waals surface area contributed by atoms with Crippen molar-refractivity contribution < 1.29 is 14.7 Å². The maximum atomic E-state index is 11.9. The van der Waals surface area contributed by atoms with Crippen LogP contribution in [-0.2, 0) is 16.0 Å². The minimum absolute atomic E-state index is 0.0526. The molecule has 0 radical (unpaired) electrons. The minimum atomic E-state index is -0.167. The van der Waals surface area contributed by atoms with Crippen LogP contribution in [0.5, 0.6) is 0 Å². The Morgan fingerprint density at radius 3 is 2.95 bits per heavy atom. The van der Waals surface area contributed by atoms with Crippen LogP contribution < -0.4 is 5.32 Å². The second-order valence-electron chi connectivity index (χ2n) is 4.99.